The highest BCUT2D eigenvalue weighted by Crippen LogP contribution is 2.14. The Morgan fingerprint density at radius 1 is 1.44 bits per heavy atom. The van der Waals surface area contributed by atoms with Gasteiger partial charge in [-0.2, -0.15) is 0 Å². The Morgan fingerprint density at radius 2 is 2.06 bits per heavy atom. The lowest BCUT2D eigenvalue weighted by molar-refractivity contribution is -0.147. The van der Waals surface area contributed by atoms with Crippen LogP contribution >= 0.6 is 0 Å². The van der Waals surface area contributed by atoms with Crippen LogP contribution < -0.4 is 5.32 Å². The van der Waals surface area contributed by atoms with Crippen LogP contribution in [0.5, 0.6) is 0 Å². The van der Waals surface area contributed by atoms with Gasteiger partial charge in [-0.05, 0) is 26.7 Å². The average molecular weight is 229 g/mol. The second kappa shape index (κ2) is 6.48. The zero-order valence-corrected chi connectivity index (χ0v) is 9.82. The van der Waals surface area contributed by atoms with E-state index in [9.17, 15) is 9.59 Å². The smallest absolute Gasteiger partial charge is 0.328 e. The number of amides is 1. The molecule has 92 valence electrons. The molecule has 1 saturated heterocycles. The first kappa shape index (κ1) is 13.0. The third-order valence-electron chi connectivity index (χ3n) is 2.59. The number of esters is 1. The average Bonchev–Trinajstić information content (AvgIpc) is 2.30. The summed E-state index contributed by atoms with van der Waals surface area (Å²) in [5, 5.41) is 2.67. The molecule has 1 heterocycles. The third-order valence-corrected chi connectivity index (χ3v) is 2.59. The Labute approximate surface area is 95.5 Å². The van der Waals surface area contributed by atoms with Gasteiger partial charge in [-0.3, -0.25) is 4.79 Å². The maximum atomic E-state index is 11.7. The fraction of sp³-hybridized carbons (Fsp3) is 0.818. The van der Waals surface area contributed by atoms with Crippen molar-refractivity contribution in [1.29, 1.82) is 0 Å². The second-order valence-electron chi connectivity index (χ2n) is 3.87. The molecule has 16 heavy (non-hydrogen) atoms. The van der Waals surface area contributed by atoms with Crippen molar-refractivity contribution < 1.29 is 19.1 Å². The fourth-order valence-corrected chi connectivity index (χ4v) is 1.62. The summed E-state index contributed by atoms with van der Waals surface area (Å²) < 4.78 is 9.98. The highest BCUT2D eigenvalue weighted by Gasteiger charge is 2.24. The molecule has 1 aliphatic heterocycles. The number of nitrogens with one attached hydrogen (secondary N) is 1. The number of carbonyl (C=O) groups excluding carboxylic acids is 2. The van der Waals surface area contributed by atoms with Crippen molar-refractivity contribution >= 4 is 11.9 Å². The standard InChI is InChI=1S/C11H19NO4/c1-3-16-11(14)8(2)12-10(13)9-4-6-15-7-5-9/h8-9H,3-7H2,1-2H3,(H,12,13). The van der Waals surface area contributed by atoms with Crippen molar-refractivity contribution in [3.63, 3.8) is 0 Å². The third kappa shape index (κ3) is 3.81. The first-order valence-corrected chi connectivity index (χ1v) is 5.70. The highest BCUT2D eigenvalue weighted by atomic mass is 16.5. The second-order valence-corrected chi connectivity index (χ2v) is 3.87. The van der Waals surface area contributed by atoms with E-state index in [1.165, 1.54) is 0 Å². The van der Waals surface area contributed by atoms with E-state index in [2.05, 4.69) is 5.32 Å². The monoisotopic (exact) mass is 229 g/mol. The van der Waals surface area contributed by atoms with Crippen LogP contribution in [0.4, 0.5) is 0 Å². The van der Waals surface area contributed by atoms with Crippen LogP contribution in [-0.4, -0.2) is 37.7 Å². The quantitative estimate of drug-likeness (QED) is 0.712. The topological polar surface area (TPSA) is 64.6 Å². The zero-order chi connectivity index (χ0) is 12.0. The number of rotatable bonds is 4. The van der Waals surface area contributed by atoms with E-state index in [-0.39, 0.29) is 17.8 Å². The van der Waals surface area contributed by atoms with Gasteiger partial charge < -0.3 is 14.8 Å². The number of carbonyl (C=O) groups is 2. The van der Waals surface area contributed by atoms with Gasteiger partial charge in [0.25, 0.3) is 0 Å². The summed E-state index contributed by atoms with van der Waals surface area (Å²) in [6.07, 6.45) is 1.45. The molecule has 5 nitrogen and oxygen atoms in total. The zero-order valence-electron chi connectivity index (χ0n) is 9.82. The van der Waals surface area contributed by atoms with Crippen molar-refractivity contribution in [1.82, 2.24) is 5.32 Å². The maximum Gasteiger partial charge on any atom is 0.328 e. The van der Waals surface area contributed by atoms with Gasteiger partial charge in [0.2, 0.25) is 5.91 Å². The van der Waals surface area contributed by atoms with Gasteiger partial charge in [0, 0.05) is 19.1 Å². The van der Waals surface area contributed by atoms with Crippen LogP contribution in [-0.2, 0) is 19.1 Å². The van der Waals surface area contributed by atoms with Gasteiger partial charge in [-0.1, -0.05) is 0 Å². The largest absolute Gasteiger partial charge is 0.464 e. The van der Waals surface area contributed by atoms with E-state index >= 15 is 0 Å². The van der Waals surface area contributed by atoms with E-state index in [4.69, 9.17) is 9.47 Å². The van der Waals surface area contributed by atoms with Crippen LogP contribution in [0.25, 0.3) is 0 Å². The van der Waals surface area contributed by atoms with Crippen LogP contribution in [0, 0.1) is 5.92 Å². The lowest BCUT2D eigenvalue weighted by atomic mass is 9.99. The van der Waals surface area contributed by atoms with Gasteiger partial charge in [0.1, 0.15) is 6.04 Å². The van der Waals surface area contributed by atoms with Crippen molar-refractivity contribution in [3.8, 4) is 0 Å². The Balaban J connectivity index is 2.34. The molecule has 1 unspecified atom stereocenters. The summed E-state index contributed by atoms with van der Waals surface area (Å²) in [4.78, 5) is 23.0. The number of hydrogen-bond donors (Lipinski definition) is 1. The molecule has 0 aromatic carbocycles. The normalized spacial score (nSPS) is 18.9. The fourth-order valence-electron chi connectivity index (χ4n) is 1.62. The highest BCUT2D eigenvalue weighted by molar-refractivity contribution is 5.85. The predicted molar refractivity (Wildman–Crippen MR) is 57.8 cm³/mol. The van der Waals surface area contributed by atoms with Crippen molar-refractivity contribution in [2.24, 2.45) is 5.92 Å². The van der Waals surface area contributed by atoms with E-state index in [1.54, 1.807) is 13.8 Å². The molecule has 0 saturated carbocycles. The molecule has 0 bridgehead atoms. The summed E-state index contributed by atoms with van der Waals surface area (Å²) in [5.41, 5.74) is 0. The molecule has 1 rings (SSSR count). The molecule has 1 atom stereocenters. The van der Waals surface area contributed by atoms with Gasteiger partial charge in [-0.15, -0.1) is 0 Å². The lowest BCUT2D eigenvalue weighted by Crippen LogP contribution is -2.43. The van der Waals surface area contributed by atoms with E-state index in [1.807, 2.05) is 0 Å². The van der Waals surface area contributed by atoms with E-state index in [0.29, 0.717) is 19.8 Å². The molecule has 0 spiro atoms. The minimum absolute atomic E-state index is 0.0365. The molecule has 0 aromatic heterocycles. The van der Waals surface area contributed by atoms with Crippen molar-refractivity contribution in [2.75, 3.05) is 19.8 Å². The Bertz CT molecular complexity index is 248. The minimum atomic E-state index is -0.574. The van der Waals surface area contributed by atoms with Crippen molar-refractivity contribution in [3.05, 3.63) is 0 Å². The Hall–Kier alpha value is -1.10. The van der Waals surface area contributed by atoms with Gasteiger partial charge in [0.05, 0.1) is 6.61 Å². The molecule has 1 N–H and O–H groups in total. The number of ether oxygens (including phenoxy) is 2. The van der Waals surface area contributed by atoms with Crippen molar-refractivity contribution in [2.45, 2.75) is 32.7 Å². The summed E-state index contributed by atoms with van der Waals surface area (Å²) in [6.45, 7) is 4.94. The van der Waals surface area contributed by atoms with Crippen LogP contribution in [0.3, 0.4) is 0 Å². The van der Waals surface area contributed by atoms with Gasteiger partial charge in [0.15, 0.2) is 0 Å². The van der Waals surface area contributed by atoms with Crippen LogP contribution in [0.15, 0.2) is 0 Å². The molecule has 0 aliphatic carbocycles. The molecule has 5 heteroatoms. The molecule has 1 fully saturated rings. The maximum absolute atomic E-state index is 11.7. The van der Waals surface area contributed by atoms with Crippen LogP contribution in [0.1, 0.15) is 26.7 Å². The summed E-state index contributed by atoms with van der Waals surface area (Å²) >= 11 is 0. The Morgan fingerprint density at radius 3 is 2.62 bits per heavy atom. The SMILES string of the molecule is CCOC(=O)C(C)NC(=O)C1CCOCC1. The van der Waals surface area contributed by atoms with Crippen LogP contribution in [0.2, 0.25) is 0 Å². The Kier molecular flexibility index (Phi) is 5.25. The molecule has 0 radical (unpaired) electrons. The first-order chi connectivity index (χ1) is 7.65. The molecular formula is C11H19NO4. The minimum Gasteiger partial charge on any atom is -0.464 e. The summed E-state index contributed by atoms with van der Waals surface area (Å²) in [5.74, 6) is -0.502. The molecular weight excluding hydrogens is 210 g/mol. The van der Waals surface area contributed by atoms with Gasteiger partial charge >= 0.3 is 5.97 Å². The molecule has 1 aliphatic rings. The first-order valence-electron chi connectivity index (χ1n) is 5.70. The predicted octanol–water partition coefficient (Wildman–Crippen LogP) is 0.481. The lowest BCUT2D eigenvalue weighted by Gasteiger charge is -2.22. The summed E-state index contributed by atoms with van der Waals surface area (Å²) in [6, 6.07) is -0.574. The summed E-state index contributed by atoms with van der Waals surface area (Å²) in [7, 11) is 0. The van der Waals surface area contributed by atoms with E-state index < -0.39 is 6.04 Å². The van der Waals surface area contributed by atoms with Gasteiger partial charge in [-0.25, -0.2) is 4.79 Å². The number of hydrogen-bond acceptors (Lipinski definition) is 4. The van der Waals surface area contributed by atoms with E-state index in [0.717, 1.165) is 12.8 Å². The molecule has 1 amide bonds. The molecule has 0 aromatic rings.